The fraction of sp³-hybridized carbons (Fsp3) is 0.750. The average Bonchev–Trinajstić information content (AvgIpc) is 2.62. The molecule has 0 aliphatic carbocycles. The standard InChI is InChI=1S/C12H22N2O/c1-9(2)12(15)6-5-11-7-8-14(13-11)10(3)4/h7-10,12,15H,5-6H2,1-4H3. The van der Waals surface area contributed by atoms with E-state index < -0.39 is 0 Å². The molecule has 3 nitrogen and oxygen atoms in total. The van der Waals surface area contributed by atoms with Gasteiger partial charge in [-0.15, -0.1) is 0 Å². The SMILES string of the molecule is CC(C)C(O)CCc1ccn(C(C)C)n1. The third kappa shape index (κ3) is 3.67. The normalized spacial score (nSPS) is 13.8. The van der Waals surface area contributed by atoms with Crippen molar-refractivity contribution < 1.29 is 5.11 Å². The van der Waals surface area contributed by atoms with E-state index in [0.29, 0.717) is 12.0 Å². The molecule has 1 heterocycles. The van der Waals surface area contributed by atoms with Crippen LogP contribution >= 0.6 is 0 Å². The lowest BCUT2D eigenvalue weighted by atomic mass is 10.0. The first-order valence-corrected chi connectivity index (χ1v) is 5.72. The Labute approximate surface area is 92.1 Å². The molecule has 0 fully saturated rings. The van der Waals surface area contributed by atoms with E-state index in [1.54, 1.807) is 0 Å². The van der Waals surface area contributed by atoms with Gasteiger partial charge in [0.15, 0.2) is 0 Å². The molecule has 0 amide bonds. The maximum atomic E-state index is 9.67. The molecule has 1 aromatic rings. The van der Waals surface area contributed by atoms with Crippen LogP contribution in [-0.4, -0.2) is 21.0 Å². The Morgan fingerprint density at radius 3 is 2.47 bits per heavy atom. The van der Waals surface area contributed by atoms with Crippen LogP contribution in [0.4, 0.5) is 0 Å². The second-order valence-electron chi connectivity index (χ2n) is 4.73. The number of aromatic nitrogens is 2. The first-order chi connectivity index (χ1) is 7.00. The number of aryl methyl sites for hydroxylation is 1. The lowest BCUT2D eigenvalue weighted by Crippen LogP contribution is -2.15. The van der Waals surface area contributed by atoms with Crippen molar-refractivity contribution in [2.75, 3.05) is 0 Å². The number of rotatable bonds is 5. The van der Waals surface area contributed by atoms with Gasteiger partial charge < -0.3 is 5.11 Å². The molecule has 0 aliphatic rings. The van der Waals surface area contributed by atoms with Gasteiger partial charge in [0.25, 0.3) is 0 Å². The highest BCUT2D eigenvalue weighted by atomic mass is 16.3. The quantitative estimate of drug-likeness (QED) is 0.810. The van der Waals surface area contributed by atoms with E-state index in [9.17, 15) is 5.11 Å². The largest absolute Gasteiger partial charge is 0.393 e. The van der Waals surface area contributed by atoms with Gasteiger partial charge in [-0.1, -0.05) is 13.8 Å². The summed E-state index contributed by atoms with van der Waals surface area (Å²) in [5.41, 5.74) is 1.07. The Morgan fingerprint density at radius 2 is 2.00 bits per heavy atom. The summed E-state index contributed by atoms with van der Waals surface area (Å²) < 4.78 is 1.96. The van der Waals surface area contributed by atoms with Crippen LogP contribution in [0.3, 0.4) is 0 Å². The topological polar surface area (TPSA) is 38.0 Å². The molecule has 0 aromatic carbocycles. The van der Waals surface area contributed by atoms with E-state index in [4.69, 9.17) is 0 Å². The molecule has 0 radical (unpaired) electrons. The molecule has 0 saturated heterocycles. The molecule has 86 valence electrons. The van der Waals surface area contributed by atoms with Gasteiger partial charge in [-0.25, -0.2) is 0 Å². The lowest BCUT2D eigenvalue weighted by Gasteiger charge is -2.12. The van der Waals surface area contributed by atoms with Crippen LogP contribution in [0.25, 0.3) is 0 Å². The van der Waals surface area contributed by atoms with Crippen molar-refractivity contribution >= 4 is 0 Å². The van der Waals surface area contributed by atoms with Gasteiger partial charge in [0.2, 0.25) is 0 Å². The van der Waals surface area contributed by atoms with Gasteiger partial charge in [0.05, 0.1) is 11.8 Å². The van der Waals surface area contributed by atoms with E-state index in [0.717, 1.165) is 18.5 Å². The minimum absolute atomic E-state index is 0.214. The maximum absolute atomic E-state index is 9.67. The van der Waals surface area contributed by atoms with Crippen molar-refractivity contribution in [2.24, 2.45) is 5.92 Å². The third-order valence-corrected chi connectivity index (χ3v) is 2.66. The lowest BCUT2D eigenvalue weighted by molar-refractivity contribution is 0.116. The molecular formula is C12H22N2O. The highest BCUT2D eigenvalue weighted by Crippen LogP contribution is 2.11. The monoisotopic (exact) mass is 210 g/mol. The molecule has 0 spiro atoms. The number of aliphatic hydroxyl groups is 1. The predicted molar refractivity (Wildman–Crippen MR) is 61.8 cm³/mol. The van der Waals surface area contributed by atoms with Crippen LogP contribution in [0.1, 0.15) is 45.9 Å². The summed E-state index contributed by atoms with van der Waals surface area (Å²) >= 11 is 0. The molecule has 1 rings (SSSR count). The molecule has 0 aliphatic heterocycles. The smallest absolute Gasteiger partial charge is 0.0625 e. The van der Waals surface area contributed by atoms with E-state index in [1.807, 2.05) is 30.8 Å². The van der Waals surface area contributed by atoms with Crippen LogP contribution in [0.2, 0.25) is 0 Å². The predicted octanol–water partition coefficient (Wildman–Crippen LogP) is 2.41. The first-order valence-electron chi connectivity index (χ1n) is 5.72. The third-order valence-electron chi connectivity index (χ3n) is 2.66. The molecule has 1 atom stereocenters. The van der Waals surface area contributed by atoms with Crippen LogP contribution in [-0.2, 0) is 6.42 Å². The number of hydrogen-bond donors (Lipinski definition) is 1. The van der Waals surface area contributed by atoms with Gasteiger partial charge in [-0.05, 0) is 38.7 Å². The van der Waals surface area contributed by atoms with Crippen LogP contribution < -0.4 is 0 Å². The fourth-order valence-electron chi connectivity index (χ4n) is 1.43. The average molecular weight is 210 g/mol. The fourth-order valence-corrected chi connectivity index (χ4v) is 1.43. The summed E-state index contributed by atoms with van der Waals surface area (Å²) in [6, 6.07) is 2.45. The Morgan fingerprint density at radius 1 is 1.33 bits per heavy atom. The van der Waals surface area contributed by atoms with Crippen molar-refractivity contribution in [1.29, 1.82) is 0 Å². The molecule has 0 saturated carbocycles. The number of nitrogens with zero attached hydrogens (tertiary/aromatic N) is 2. The van der Waals surface area contributed by atoms with Gasteiger partial charge in [0, 0.05) is 12.2 Å². The minimum atomic E-state index is -0.214. The van der Waals surface area contributed by atoms with Crippen LogP contribution in [0, 0.1) is 5.92 Å². The summed E-state index contributed by atoms with van der Waals surface area (Å²) in [6.07, 6.45) is 3.45. The van der Waals surface area contributed by atoms with Crippen molar-refractivity contribution in [3.05, 3.63) is 18.0 Å². The second-order valence-corrected chi connectivity index (χ2v) is 4.73. The van der Waals surface area contributed by atoms with Crippen molar-refractivity contribution in [2.45, 2.75) is 52.7 Å². The Bertz CT molecular complexity index is 292. The van der Waals surface area contributed by atoms with E-state index >= 15 is 0 Å². The summed E-state index contributed by atoms with van der Waals surface area (Å²) in [5, 5.41) is 14.1. The molecule has 1 aromatic heterocycles. The van der Waals surface area contributed by atoms with Gasteiger partial charge in [-0.2, -0.15) is 5.10 Å². The van der Waals surface area contributed by atoms with Crippen molar-refractivity contribution in [3.63, 3.8) is 0 Å². The molecular weight excluding hydrogens is 188 g/mol. The molecule has 3 heteroatoms. The number of aliphatic hydroxyl groups excluding tert-OH is 1. The zero-order chi connectivity index (χ0) is 11.4. The van der Waals surface area contributed by atoms with Crippen LogP contribution in [0.5, 0.6) is 0 Å². The van der Waals surface area contributed by atoms with Gasteiger partial charge >= 0.3 is 0 Å². The highest BCUT2D eigenvalue weighted by molar-refractivity contribution is 5.00. The van der Waals surface area contributed by atoms with E-state index in [1.165, 1.54) is 0 Å². The Balaban J connectivity index is 2.44. The molecule has 1 N–H and O–H groups in total. The zero-order valence-corrected chi connectivity index (χ0v) is 10.1. The summed E-state index contributed by atoms with van der Waals surface area (Å²) in [6.45, 7) is 8.30. The Hall–Kier alpha value is -0.830. The summed E-state index contributed by atoms with van der Waals surface area (Å²) in [4.78, 5) is 0. The van der Waals surface area contributed by atoms with E-state index in [2.05, 4.69) is 18.9 Å². The van der Waals surface area contributed by atoms with Crippen LogP contribution in [0.15, 0.2) is 12.3 Å². The highest BCUT2D eigenvalue weighted by Gasteiger charge is 2.10. The molecule has 0 bridgehead atoms. The summed E-state index contributed by atoms with van der Waals surface area (Å²) in [5.74, 6) is 0.331. The zero-order valence-electron chi connectivity index (χ0n) is 10.1. The van der Waals surface area contributed by atoms with Gasteiger partial charge in [0.1, 0.15) is 0 Å². The minimum Gasteiger partial charge on any atom is -0.393 e. The second kappa shape index (κ2) is 5.31. The van der Waals surface area contributed by atoms with Crippen molar-refractivity contribution in [3.8, 4) is 0 Å². The van der Waals surface area contributed by atoms with Gasteiger partial charge in [-0.3, -0.25) is 4.68 Å². The van der Waals surface area contributed by atoms with Crippen molar-refractivity contribution in [1.82, 2.24) is 9.78 Å². The summed E-state index contributed by atoms with van der Waals surface area (Å²) in [7, 11) is 0. The number of hydrogen-bond acceptors (Lipinski definition) is 2. The first kappa shape index (κ1) is 12.2. The molecule has 1 unspecified atom stereocenters. The maximum Gasteiger partial charge on any atom is 0.0625 e. The molecule has 15 heavy (non-hydrogen) atoms. The van der Waals surface area contributed by atoms with E-state index in [-0.39, 0.29) is 6.10 Å². The Kier molecular flexibility index (Phi) is 4.33.